The van der Waals surface area contributed by atoms with Gasteiger partial charge >= 0.3 is 11.8 Å². The molecule has 3 atom stereocenters. The van der Waals surface area contributed by atoms with Crippen LogP contribution < -0.4 is 5.69 Å². The summed E-state index contributed by atoms with van der Waals surface area (Å²) >= 11 is 0. The molecule has 37 heavy (non-hydrogen) atoms. The molecule has 3 aliphatic rings. The van der Waals surface area contributed by atoms with Crippen LogP contribution in [0.25, 0.3) is 11.0 Å². The topological polar surface area (TPSA) is 100 Å². The number of piperidine rings is 1. The van der Waals surface area contributed by atoms with E-state index in [1.165, 1.54) is 4.57 Å². The molecule has 1 aromatic heterocycles. The van der Waals surface area contributed by atoms with E-state index in [1.54, 1.807) is 17.6 Å². The molecule has 3 saturated heterocycles. The predicted octanol–water partition coefficient (Wildman–Crippen LogP) is 1.89. The van der Waals surface area contributed by atoms with Crippen LogP contribution in [0.15, 0.2) is 29.1 Å². The predicted molar refractivity (Wildman–Crippen MR) is 140 cm³/mol. The SMILES string of the molecule is CC(=O)N1CCN(C[C@H](O)CN2C3CCC2CC(OC(=O)n2c(=O)n(C(C)C)c4ccccc42)C3)CC1. The van der Waals surface area contributed by atoms with E-state index < -0.39 is 12.2 Å². The number of benzene rings is 1. The second-order valence-electron chi connectivity index (χ2n) is 11.1. The lowest BCUT2D eigenvalue weighted by atomic mass is 9.99. The number of β-amino-alcohol motifs (C(OH)–C–C–N with tert-alkyl or cyclic N) is 1. The summed E-state index contributed by atoms with van der Waals surface area (Å²) in [5.74, 6) is 0.107. The van der Waals surface area contributed by atoms with Crippen molar-refractivity contribution >= 4 is 23.0 Å². The van der Waals surface area contributed by atoms with Gasteiger partial charge in [-0.05, 0) is 38.8 Å². The summed E-state index contributed by atoms with van der Waals surface area (Å²) in [7, 11) is 0. The fourth-order valence-corrected chi connectivity index (χ4v) is 6.50. The summed E-state index contributed by atoms with van der Waals surface area (Å²) in [6, 6.07) is 7.77. The fourth-order valence-electron chi connectivity index (χ4n) is 6.50. The quantitative estimate of drug-likeness (QED) is 0.630. The molecule has 0 aliphatic carbocycles. The van der Waals surface area contributed by atoms with E-state index in [1.807, 2.05) is 36.9 Å². The molecule has 1 aromatic carbocycles. The number of fused-ring (bicyclic) bond motifs is 3. The zero-order valence-electron chi connectivity index (χ0n) is 22.1. The number of aromatic nitrogens is 2. The molecule has 0 spiro atoms. The molecule has 1 N–H and O–H groups in total. The van der Waals surface area contributed by atoms with Crippen LogP contribution in [0.3, 0.4) is 0 Å². The van der Waals surface area contributed by atoms with Crippen molar-refractivity contribution in [2.75, 3.05) is 39.3 Å². The number of aliphatic hydroxyl groups is 1. The lowest BCUT2D eigenvalue weighted by Gasteiger charge is -2.40. The van der Waals surface area contributed by atoms with Crippen LogP contribution in [0, 0.1) is 0 Å². The van der Waals surface area contributed by atoms with Crippen molar-refractivity contribution in [3.63, 3.8) is 0 Å². The number of para-hydroxylation sites is 2. The van der Waals surface area contributed by atoms with Gasteiger partial charge in [0.25, 0.3) is 0 Å². The van der Waals surface area contributed by atoms with Gasteiger partial charge in [-0.15, -0.1) is 0 Å². The zero-order chi connectivity index (χ0) is 26.3. The Balaban J connectivity index is 1.19. The smallest absolute Gasteiger partial charge is 0.423 e. The maximum Gasteiger partial charge on any atom is 0.423 e. The van der Waals surface area contributed by atoms with Crippen molar-refractivity contribution < 1.29 is 19.4 Å². The third-order valence-corrected chi connectivity index (χ3v) is 8.30. The van der Waals surface area contributed by atoms with Gasteiger partial charge < -0.3 is 14.7 Å². The van der Waals surface area contributed by atoms with E-state index in [9.17, 15) is 19.5 Å². The highest BCUT2D eigenvalue weighted by atomic mass is 16.6. The first-order chi connectivity index (χ1) is 17.7. The van der Waals surface area contributed by atoms with Crippen LogP contribution in [0.1, 0.15) is 52.5 Å². The highest BCUT2D eigenvalue weighted by Crippen LogP contribution is 2.37. The van der Waals surface area contributed by atoms with Crippen LogP contribution in [0.5, 0.6) is 0 Å². The van der Waals surface area contributed by atoms with Crippen LogP contribution in [0.2, 0.25) is 0 Å². The second kappa shape index (κ2) is 10.6. The summed E-state index contributed by atoms with van der Waals surface area (Å²) in [5.41, 5.74) is 0.929. The number of rotatable bonds is 6. The van der Waals surface area contributed by atoms with Crippen molar-refractivity contribution in [1.82, 2.24) is 23.8 Å². The van der Waals surface area contributed by atoms with E-state index in [0.29, 0.717) is 44.5 Å². The molecule has 2 unspecified atom stereocenters. The minimum atomic E-state index is -0.608. The molecule has 10 nitrogen and oxygen atoms in total. The van der Waals surface area contributed by atoms with Crippen LogP contribution in [-0.2, 0) is 9.53 Å². The number of aliphatic hydroxyl groups excluding tert-OH is 1. The Hall–Kier alpha value is -2.69. The van der Waals surface area contributed by atoms with Gasteiger partial charge in [0.05, 0.1) is 17.1 Å². The fraction of sp³-hybridized carbons (Fsp3) is 0.667. The number of hydrogen-bond donors (Lipinski definition) is 1. The number of ether oxygens (including phenoxy) is 1. The van der Waals surface area contributed by atoms with Crippen LogP contribution >= 0.6 is 0 Å². The first kappa shape index (κ1) is 25.9. The van der Waals surface area contributed by atoms with Crippen molar-refractivity contribution in [3.8, 4) is 0 Å². The third-order valence-electron chi connectivity index (χ3n) is 8.30. The first-order valence-electron chi connectivity index (χ1n) is 13.6. The van der Waals surface area contributed by atoms with Gasteiger partial charge in [0.1, 0.15) is 6.10 Å². The molecule has 1 amide bonds. The number of piperazine rings is 1. The van der Waals surface area contributed by atoms with Gasteiger partial charge in [-0.2, -0.15) is 4.57 Å². The highest BCUT2D eigenvalue weighted by Gasteiger charge is 2.43. The molecule has 2 bridgehead atoms. The van der Waals surface area contributed by atoms with Gasteiger partial charge in [0, 0.05) is 77.2 Å². The van der Waals surface area contributed by atoms with E-state index >= 15 is 0 Å². The van der Waals surface area contributed by atoms with Crippen molar-refractivity contribution in [3.05, 3.63) is 34.7 Å². The Morgan fingerprint density at radius 3 is 2.22 bits per heavy atom. The van der Waals surface area contributed by atoms with E-state index in [2.05, 4.69) is 9.80 Å². The number of carbonyl (C=O) groups excluding carboxylic acids is 2. The molecule has 0 saturated carbocycles. The largest absolute Gasteiger partial charge is 0.445 e. The lowest BCUT2D eigenvalue weighted by Crippen LogP contribution is -2.53. The summed E-state index contributed by atoms with van der Waals surface area (Å²) < 4.78 is 8.72. The van der Waals surface area contributed by atoms with Gasteiger partial charge in [-0.3, -0.25) is 19.2 Å². The summed E-state index contributed by atoms with van der Waals surface area (Å²) in [4.78, 5) is 44.3. The van der Waals surface area contributed by atoms with E-state index in [-0.39, 0.29) is 35.8 Å². The number of carbonyl (C=O) groups is 2. The monoisotopic (exact) mass is 513 g/mol. The lowest BCUT2D eigenvalue weighted by molar-refractivity contribution is -0.130. The standard InChI is InChI=1S/C27H39N5O5/c1-18(2)31-24-6-4-5-7-25(24)32(26(31)35)27(36)37-23-14-20-8-9-21(15-23)30(20)17-22(34)16-28-10-12-29(13-11-28)19(3)33/h4-7,18,20-23,34H,8-17H2,1-3H3/t20?,21?,22-,23?/m0/s1. The Morgan fingerprint density at radius 1 is 1.00 bits per heavy atom. The third kappa shape index (κ3) is 5.19. The van der Waals surface area contributed by atoms with Crippen molar-refractivity contribution in [1.29, 1.82) is 0 Å². The molecule has 0 radical (unpaired) electrons. The Labute approximate surface area is 217 Å². The molecule has 2 aromatic rings. The molecule has 3 fully saturated rings. The molecule has 5 rings (SSSR count). The number of amides is 1. The average molecular weight is 514 g/mol. The minimum absolute atomic E-state index is 0.0741. The molecular weight excluding hydrogens is 474 g/mol. The van der Waals surface area contributed by atoms with E-state index in [0.717, 1.165) is 31.4 Å². The molecule has 202 valence electrons. The normalized spacial score (nSPS) is 25.6. The summed E-state index contributed by atoms with van der Waals surface area (Å²) in [5, 5.41) is 10.8. The molecule has 4 heterocycles. The molecule has 10 heteroatoms. The van der Waals surface area contributed by atoms with E-state index in [4.69, 9.17) is 4.74 Å². The minimum Gasteiger partial charge on any atom is -0.445 e. The van der Waals surface area contributed by atoms with Gasteiger partial charge in [0.2, 0.25) is 5.91 Å². The first-order valence-corrected chi connectivity index (χ1v) is 13.6. The summed E-state index contributed by atoms with van der Waals surface area (Å²) in [6.45, 7) is 9.65. The number of hydrogen-bond acceptors (Lipinski definition) is 7. The number of nitrogens with zero attached hydrogens (tertiary/aromatic N) is 5. The number of imidazole rings is 1. The molecular formula is C27H39N5O5. The Bertz CT molecular complexity index is 1180. The van der Waals surface area contributed by atoms with Gasteiger partial charge in [-0.1, -0.05) is 12.1 Å². The molecule has 3 aliphatic heterocycles. The van der Waals surface area contributed by atoms with Crippen molar-refractivity contribution in [2.24, 2.45) is 0 Å². The maximum atomic E-state index is 13.2. The van der Waals surface area contributed by atoms with Crippen LogP contribution in [0.4, 0.5) is 4.79 Å². The summed E-state index contributed by atoms with van der Waals surface area (Å²) in [6.07, 6.45) is 2.15. The Kier molecular flexibility index (Phi) is 7.42. The average Bonchev–Trinajstić information content (AvgIpc) is 3.27. The van der Waals surface area contributed by atoms with Gasteiger partial charge in [0.15, 0.2) is 0 Å². The van der Waals surface area contributed by atoms with Crippen molar-refractivity contribution in [2.45, 2.75) is 76.8 Å². The maximum absolute atomic E-state index is 13.2. The second-order valence-corrected chi connectivity index (χ2v) is 11.1. The zero-order valence-corrected chi connectivity index (χ0v) is 22.1. The Morgan fingerprint density at radius 2 is 1.62 bits per heavy atom. The highest BCUT2D eigenvalue weighted by molar-refractivity contribution is 5.87. The van der Waals surface area contributed by atoms with Gasteiger partial charge in [-0.25, -0.2) is 9.59 Å². The van der Waals surface area contributed by atoms with Crippen LogP contribution in [-0.4, -0.2) is 105 Å².